The maximum atomic E-state index is 13.5. The standard InChI is InChI=1S/C12H14FNO4/c1-3-18-10-5-4-8(6-9(10)13)7-14-11(15)12(16)17-2/h4-6H,3,7H2,1-2H3,(H,14,15). The van der Waals surface area contributed by atoms with E-state index in [9.17, 15) is 14.0 Å². The molecule has 98 valence electrons. The van der Waals surface area contributed by atoms with Gasteiger partial charge in [-0.3, -0.25) is 4.79 Å². The van der Waals surface area contributed by atoms with Crippen molar-refractivity contribution in [2.75, 3.05) is 13.7 Å². The number of amides is 1. The van der Waals surface area contributed by atoms with Gasteiger partial charge in [-0.15, -0.1) is 0 Å². The van der Waals surface area contributed by atoms with Crippen LogP contribution in [0, 0.1) is 5.82 Å². The predicted molar refractivity (Wildman–Crippen MR) is 61.4 cm³/mol. The van der Waals surface area contributed by atoms with Gasteiger partial charge in [-0.2, -0.15) is 0 Å². The van der Waals surface area contributed by atoms with E-state index in [2.05, 4.69) is 10.1 Å². The molecule has 0 radical (unpaired) electrons. The van der Waals surface area contributed by atoms with Gasteiger partial charge in [0.05, 0.1) is 13.7 Å². The van der Waals surface area contributed by atoms with Gasteiger partial charge in [-0.1, -0.05) is 6.07 Å². The molecule has 1 N–H and O–H groups in total. The largest absolute Gasteiger partial charge is 0.491 e. The van der Waals surface area contributed by atoms with Gasteiger partial charge < -0.3 is 14.8 Å². The van der Waals surface area contributed by atoms with Crippen LogP contribution in [0.1, 0.15) is 12.5 Å². The normalized spacial score (nSPS) is 9.72. The van der Waals surface area contributed by atoms with E-state index in [1.807, 2.05) is 0 Å². The highest BCUT2D eigenvalue weighted by Crippen LogP contribution is 2.18. The number of carbonyl (C=O) groups is 2. The molecule has 0 atom stereocenters. The molecule has 0 aliphatic carbocycles. The molecular formula is C12H14FNO4. The van der Waals surface area contributed by atoms with E-state index in [0.717, 1.165) is 7.11 Å². The van der Waals surface area contributed by atoms with Crippen molar-refractivity contribution in [2.45, 2.75) is 13.5 Å². The fraction of sp³-hybridized carbons (Fsp3) is 0.333. The van der Waals surface area contributed by atoms with Gasteiger partial charge in [0.25, 0.3) is 0 Å². The minimum absolute atomic E-state index is 0.0389. The van der Waals surface area contributed by atoms with E-state index in [4.69, 9.17) is 4.74 Å². The Labute approximate surface area is 104 Å². The summed E-state index contributed by atoms with van der Waals surface area (Å²) in [6, 6.07) is 4.31. The van der Waals surface area contributed by atoms with Gasteiger partial charge in [-0.25, -0.2) is 9.18 Å². The lowest BCUT2D eigenvalue weighted by Crippen LogP contribution is -2.31. The average Bonchev–Trinajstić information content (AvgIpc) is 2.38. The number of benzene rings is 1. The molecule has 0 unspecified atom stereocenters. The summed E-state index contributed by atoms with van der Waals surface area (Å²) < 4.78 is 22.7. The summed E-state index contributed by atoms with van der Waals surface area (Å²) in [5, 5.41) is 2.31. The molecule has 0 fully saturated rings. The quantitative estimate of drug-likeness (QED) is 0.644. The number of ether oxygens (including phenoxy) is 2. The zero-order valence-electron chi connectivity index (χ0n) is 10.2. The van der Waals surface area contributed by atoms with E-state index in [1.54, 1.807) is 13.0 Å². The van der Waals surface area contributed by atoms with Crippen molar-refractivity contribution in [2.24, 2.45) is 0 Å². The Hall–Kier alpha value is -2.11. The Kier molecular flexibility index (Phi) is 5.10. The Bertz CT molecular complexity index is 448. The van der Waals surface area contributed by atoms with Crippen molar-refractivity contribution in [3.63, 3.8) is 0 Å². The summed E-state index contributed by atoms with van der Waals surface area (Å²) in [5.74, 6) is -2.21. The van der Waals surface area contributed by atoms with E-state index in [-0.39, 0.29) is 12.3 Å². The summed E-state index contributed by atoms with van der Waals surface area (Å²) >= 11 is 0. The molecule has 0 saturated heterocycles. The molecule has 0 saturated carbocycles. The molecule has 1 amide bonds. The lowest BCUT2D eigenvalue weighted by molar-refractivity contribution is -0.152. The number of carbonyl (C=O) groups excluding carboxylic acids is 2. The molecule has 0 bridgehead atoms. The average molecular weight is 255 g/mol. The van der Waals surface area contributed by atoms with Crippen LogP contribution in [0.4, 0.5) is 4.39 Å². The SMILES string of the molecule is CCOc1ccc(CNC(=O)C(=O)OC)cc1F. The summed E-state index contributed by atoms with van der Waals surface area (Å²) in [4.78, 5) is 21.9. The Balaban J connectivity index is 2.61. The third-order valence-corrected chi connectivity index (χ3v) is 2.12. The molecular weight excluding hydrogens is 241 g/mol. The summed E-state index contributed by atoms with van der Waals surface area (Å²) in [6.45, 7) is 2.16. The molecule has 6 heteroatoms. The van der Waals surface area contributed by atoms with Crippen LogP contribution in [0.3, 0.4) is 0 Å². The Morgan fingerprint density at radius 3 is 2.67 bits per heavy atom. The monoisotopic (exact) mass is 255 g/mol. The highest BCUT2D eigenvalue weighted by Gasteiger charge is 2.13. The third kappa shape index (κ3) is 3.73. The van der Waals surface area contributed by atoms with Gasteiger partial charge in [0.1, 0.15) is 0 Å². The van der Waals surface area contributed by atoms with Gasteiger partial charge >= 0.3 is 11.9 Å². The topological polar surface area (TPSA) is 64.6 Å². The third-order valence-electron chi connectivity index (χ3n) is 2.12. The van der Waals surface area contributed by atoms with Crippen molar-refractivity contribution < 1.29 is 23.5 Å². The van der Waals surface area contributed by atoms with Crippen molar-refractivity contribution in [1.82, 2.24) is 5.32 Å². The zero-order chi connectivity index (χ0) is 13.5. The number of hydrogen-bond donors (Lipinski definition) is 1. The van der Waals surface area contributed by atoms with E-state index >= 15 is 0 Å². The number of halogens is 1. The highest BCUT2D eigenvalue weighted by molar-refractivity contribution is 6.32. The minimum Gasteiger partial charge on any atom is -0.491 e. The molecule has 1 aromatic rings. The second-order valence-corrected chi connectivity index (χ2v) is 3.37. The van der Waals surface area contributed by atoms with Crippen LogP contribution < -0.4 is 10.1 Å². The first-order valence-electron chi connectivity index (χ1n) is 5.35. The maximum absolute atomic E-state index is 13.5. The van der Waals surface area contributed by atoms with E-state index < -0.39 is 17.7 Å². The van der Waals surface area contributed by atoms with Crippen LogP contribution in [0.25, 0.3) is 0 Å². The second kappa shape index (κ2) is 6.58. The molecule has 1 aromatic carbocycles. The smallest absolute Gasteiger partial charge is 0.396 e. The van der Waals surface area contributed by atoms with E-state index in [0.29, 0.717) is 12.2 Å². The van der Waals surface area contributed by atoms with Gasteiger partial charge in [0.2, 0.25) is 0 Å². The molecule has 0 aromatic heterocycles. The summed E-state index contributed by atoms with van der Waals surface area (Å²) in [6.07, 6.45) is 0. The van der Waals surface area contributed by atoms with Crippen LogP contribution in [-0.4, -0.2) is 25.6 Å². The van der Waals surface area contributed by atoms with Crippen molar-refractivity contribution in [1.29, 1.82) is 0 Å². The first kappa shape index (κ1) is 14.0. The van der Waals surface area contributed by atoms with Crippen molar-refractivity contribution in [3.05, 3.63) is 29.6 Å². The lowest BCUT2D eigenvalue weighted by atomic mass is 10.2. The summed E-state index contributed by atoms with van der Waals surface area (Å²) in [5.41, 5.74) is 0.521. The number of nitrogens with one attached hydrogen (secondary N) is 1. The highest BCUT2D eigenvalue weighted by atomic mass is 19.1. The van der Waals surface area contributed by atoms with Crippen LogP contribution in [-0.2, 0) is 20.9 Å². The molecule has 5 nitrogen and oxygen atoms in total. The van der Waals surface area contributed by atoms with Crippen molar-refractivity contribution >= 4 is 11.9 Å². The fourth-order valence-electron chi connectivity index (χ4n) is 1.27. The Morgan fingerprint density at radius 2 is 2.11 bits per heavy atom. The van der Waals surface area contributed by atoms with Crippen LogP contribution in [0.5, 0.6) is 5.75 Å². The minimum atomic E-state index is -0.985. The van der Waals surface area contributed by atoms with Crippen LogP contribution in [0.15, 0.2) is 18.2 Å². The lowest BCUT2D eigenvalue weighted by Gasteiger charge is -2.07. The molecule has 18 heavy (non-hydrogen) atoms. The first-order chi connectivity index (χ1) is 8.58. The number of esters is 1. The molecule has 0 aliphatic heterocycles. The second-order valence-electron chi connectivity index (χ2n) is 3.37. The van der Waals surface area contributed by atoms with Gasteiger partial charge in [0, 0.05) is 6.54 Å². The van der Waals surface area contributed by atoms with Crippen molar-refractivity contribution in [3.8, 4) is 5.75 Å². The molecule has 0 spiro atoms. The Morgan fingerprint density at radius 1 is 1.39 bits per heavy atom. The van der Waals surface area contributed by atoms with Gasteiger partial charge in [0.15, 0.2) is 11.6 Å². The molecule has 1 rings (SSSR count). The molecule has 0 aliphatic rings. The van der Waals surface area contributed by atoms with Gasteiger partial charge in [-0.05, 0) is 24.6 Å². The number of methoxy groups -OCH3 is 1. The predicted octanol–water partition coefficient (Wildman–Crippen LogP) is 1.01. The zero-order valence-corrected chi connectivity index (χ0v) is 10.2. The van der Waals surface area contributed by atoms with Crippen LogP contribution >= 0.6 is 0 Å². The first-order valence-corrected chi connectivity index (χ1v) is 5.35. The summed E-state index contributed by atoms with van der Waals surface area (Å²) in [7, 11) is 1.11. The fourth-order valence-corrected chi connectivity index (χ4v) is 1.27. The number of rotatable bonds is 4. The number of hydrogen-bond acceptors (Lipinski definition) is 4. The van der Waals surface area contributed by atoms with Crippen LogP contribution in [0.2, 0.25) is 0 Å². The maximum Gasteiger partial charge on any atom is 0.396 e. The van der Waals surface area contributed by atoms with E-state index in [1.165, 1.54) is 12.1 Å². The molecule has 0 heterocycles.